The molecule has 1 heterocycles. The minimum atomic E-state index is -0.0715. The highest BCUT2D eigenvalue weighted by Crippen LogP contribution is 2.26. The Morgan fingerprint density at radius 1 is 1.11 bits per heavy atom. The molecule has 0 saturated heterocycles. The molecule has 3 N–H and O–H groups in total. The number of nitrogens with zero attached hydrogens (tertiary/aromatic N) is 1. The maximum atomic E-state index is 6.00. The molecule has 1 aromatic heterocycles. The summed E-state index contributed by atoms with van der Waals surface area (Å²) in [6.45, 7) is 0. The fourth-order valence-electron chi connectivity index (χ4n) is 1.81. The fraction of sp³-hybridized carbons (Fsp3) is 0.154. The first-order valence-electron chi connectivity index (χ1n) is 5.61. The van der Waals surface area contributed by atoms with Gasteiger partial charge in [0.15, 0.2) is 0 Å². The lowest BCUT2D eigenvalue weighted by molar-refractivity contribution is 0.551. The van der Waals surface area contributed by atoms with Crippen LogP contribution in [0.1, 0.15) is 17.2 Å². The predicted octanol–water partition coefficient (Wildman–Crippen LogP) is 3.79. The second kappa shape index (κ2) is 6.55. The van der Waals surface area contributed by atoms with E-state index in [9.17, 15) is 0 Å². The van der Waals surface area contributed by atoms with Crippen LogP contribution in [0, 0.1) is 0 Å². The number of benzene rings is 1. The zero-order chi connectivity index (χ0) is 13.8. The van der Waals surface area contributed by atoms with Gasteiger partial charge in [-0.2, -0.15) is 0 Å². The van der Waals surface area contributed by atoms with Crippen molar-refractivity contribution in [2.75, 3.05) is 0 Å². The van der Waals surface area contributed by atoms with Gasteiger partial charge in [-0.15, -0.1) is 0 Å². The van der Waals surface area contributed by atoms with Gasteiger partial charge in [0.1, 0.15) is 5.15 Å². The molecule has 19 heavy (non-hydrogen) atoms. The standard InChI is InChI=1S/C13H12Cl3N3/c14-10-2-1-8(5-11(10)15)6-12(19-17)9-3-4-18-13(16)7-9/h1-5,7,12,19H,6,17H2. The van der Waals surface area contributed by atoms with E-state index < -0.39 is 0 Å². The molecule has 2 aromatic rings. The summed E-state index contributed by atoms with van der Waals surface area (Å²) in [6.07, 6.45) is 2.32. The highest BCUT2D eigenvalue weighted by atomic mass is 35.5. The van der Waals surface area contributed by atoms with Crippen LogP contribution in [-0.2, 0) is 6.42 Å². The van der Waals surface area contributed by atoms with Crippen molar-refractivity contribution >= 4 is 34.8 Å². The van der Waals surface area contributed by atoms with Crippen LogP contribution in [0.5, 0.6) is 0 Å². The molecule has 6 heteroatoms. The van der Waals surface area contributed by atoms with Gasteiger partial charge < -0.3 is 0 Å². The minimum Gasteiger partial charge on any atom is -0.271 e. The molecule has 0 aliphatic rings. The Morgan fingerprint density at radius 3 is 2.53 bits per heavy atom. The van der Waals surface area contributed by atoms with Gasteiger partial charge in [-0.05, 0) is 41.8 Å². The Bertz CT molecular complexity index is 575. The second-order valence-electron chi connectivity index (χ2n) is 4.08. The van der Waals surface area contributed by atoms with Crippen molar-refractivity contribution in [1.29, 1.82) is 0 Å². The first-order chi connectivity index (χ1) is 9.10. The summed E-state index contributed by atoms with van der Waals surface area (Å²) in [5, 5.41) is 1.50. The zero-order valence-electron chi connectivity index (χ0n) is 9.91. The van der Waals surface area contributed by atoms with E-state index in [0.29, 0.717) is 21.6 Å². The number of hydrogen-bond acceptors (Lipinski definition) is 3. The quantitative estimate of drug-likeness (QED) is 0.512. The molecular weight excluding hydrogens is 305 g/mol. The first kappa shape index (κ1) is 14.6. The van der Waals surface area contributed by atoms with Crippen molar-refractivity contribution in [1.82, 2.24) is 10.4 Å². The van der Waals surface area contributed by atoms with Crippen LogP contribution in [0.15, 0.2) is 36.5 Å². The summed E-state index contributed by atoms with van der Waals surface area (Å²) >= 11 is 17.8. The number of hydrazine groups is 1. The van der Waals surface area contributed by atoms with Crippen molar-refractivity contribution in [3.63, 3.8) is 0 Å². The molecule has 0 amide bonds. The molecule has 0 aliphatic carbocycles. The lowest BCUT2D eigenvalue weighted by Crippen LogP contribution is -2.29. The van der Waals surface area contributed by atoms with Crippen molar-refractivity contribution < 1.29 is 0 Å². The maximum Gasteiger partial charge on any atom is 0.129 e. The third-order valence-electron chi connectivity index (χ3n) is 2.78. The smallest absolute Gasteiger partial charge is 0.129 e. The number of halogens is 3. The van der Waals surface area contributed by atoms with Crippen molar-refractivity contribution in [2.45, 2.75) is 12.5 Å². The molecule has 0 saturated carbocycles. The molecule has 100 valence electrons. The largest absolute Gasteiger partial charge is 0.271 e. The molecule has 0 fully saturated rings. The van der Waals surface area contributed by atoms with E-state index in [1.54, 1.807) is 18.3 Å². The monoisotopic (exact) mass is 315 g/mol. The van der Waals surface area contributed by atoms with Gasteiger partial charge in [0.25, 0.3) is 0 Å². The second-order valence-corrected chi connectivity index (χ2v) is 5.29. The van der Waals surface area contributed by atoms with Gasteiger partial charge in [-0.25, -0.2) is 4.98 Å². The Morgan fingerprint density at radius 2 is 1.89 bits per heavy atom. The van der Waals surface area contributed by atoms with Gasteiger partial charge in [0, 0.05) is 6.20 Å². The van der Waals surface area contributed by atoms with Crippen LogP contribution in [0.4, 0.5) is 0 Å². The van der Waals surface area contributed by atoms with E-state index >= 15 is 0 Å². The van der Waals surface area contributed by atoms with Crippen LogP contribution in [-0.4, -0.2) is 4.98 Å². The van der Waals surface area contributed by atoms with Gasteiger partial charge in [-0.3, -0.25) is 11.3 Å². The highest BCUT2D eigenvalue weighted by Gasteiger charge is 2.12. The third-order valence-corrected chi connectivity index (χ3v) is 3.72. The fourth-order valence-corrected chi connectivity index (χ4v) is 2.31. The van der Waals surface area contributed by atoms with Crippen LogP contribution >= 0.6 is 34.8 Å². The van der Waals surface area contributed by atoms with Crippen LogP contribution < -0.4 is 11.3 Å². The van der Waals surface area contributed by atoms with Crippen molar-refractivity contribution in [3.05, 3.63) is 62.9 Å². The summed E-state index contributed by atoms with van der Waals surface area (Å²) in [7, 11) is 0. The number of aromatic nitrogens is 1. The molecule has 1 atom stereocenters. The molecule has 3 nitrogen and oxygen atoms in total. The minimum absolute atomic E-state index is 0.0715. The molecule has 0 radical (unpaired) electrons. The van der Waals surface area contributed by atoms with Crippen LogP contribution in [0.25, 0.3) is 0 Å². The summed E-state index contributed by atoms with van der Waals surface area (Å²) in [5.74, 6) is 5.60. The number of pyridine rings is 1. The Labute approximate surface area is 126 Å². The highest BCUT2D eigenvalue weighted by molar-refractivity contribution is 6.42. The van der Waals surface area contributed by atoms with Gasteiger partial charge in [0.05, 0.1) is 16.1 Å². The van der Waals surface area contributed by atoms with Crippen LogP contribution in [0.3, 0.4) is 0 Å². The molecule has 1 unspecified atom stereocenters. The normalized spacial score (nSPS) is 12.4. The Kier molecular flexibility index (Phi) is 5.02. The summed E-state index contributed by atoms with van der Waals surface area (Å²) < 4.78 is 0. The lowest BCUT2D eigenvalue weighted by atomic mass is 10.0. The van der Waals surface area contributed by atoms with Gasteiger partial charge in [-0.1, -0.05) is 40.9 Å². The third kappa shape index (κ3) is 3.81. The summed E-state index contributed by atoms with van der Waals surface area (Å²) in [5.41, 5.74) is 4.76. The van der Waals surface area contributed by atoms with E-state index in [4.69, 9.17) is 40.6 Å². The topological polar surface area (TPSA) is 50.9 Å². The van der Waals surface area contributed by atoms with E-state index in [-0.39, 0.29) is 6.04 Å². The number of rotatable bonds is 4. The lowest BCUT2D eigenvalue weighted by Gasteiger charge is -2.16. The first-order valence-corrected chi connectivity index (χ1v) is 6.75. The van der Waals surface area contributed by atoms with E-state index in [2.05, 4.69) is 10.4 Å². The number of nitrogens with one attached hydrogen (secondary N) is 1. The molecule has 0 aliphatic heterocycles. The molecular formula is C13H12Cl3N3. The van der Waals surface area contributed by atoms with E-state index in [0.717, 1.165) is 11.1 Å². The zero-order valence-corrected chi connectivity index (χ0v) is 12.2. The average molecular weight is 317 g/mol. The average Bonchev–Trinajstić information content (AvgIpc) is 2.40. The molecule has 1 aromatic carbocycles. The van der Waals surface area contributed by atoms with Crippen molar-refractivity contribution in [2.24, 2.45) is 5.84 Å². The molecule has 2 rings (SSSR count). The Hall–Kier alpha value is -0.840. The van der Waals surface area contributed by atoms with Crippen LogP contribution in [0.2, 0.25) is 15.2 Å². The molecule has 0 bridgehead atoms. The maximum absolute atomic E-state index is 6.00. The van der Waals surface area contributed by atoms with Gasteiger partial charge in [0.2, 0.25) is 0 Å². The van der Waals surface area contributed by atoms with E-state index in [1.807, 2.05) is 18.2 Å². The number of hydrogen-bond donors (Lipinski definition) is 2. The SMILES string of the molecule is NNC(Cc1ccc(Cl)c(Cl)c1)c1ccnc(Cl)c1. The summed E-state index contributed by atoms with van der Waals surface area (Å²) in [6, 6.07) is 9.10. The summed E-state index contributed by atoms with van der Waals surface area (Å²) in [4.78, 5) is 3.95. The van der Waals surface area contributed by atoms with Crippen molar-refractivity contribution in [3.8, 4) is 0 Å². The van der Waals surface area contributed by atoms with Gasteiger partial charge >= 0.3 is 0 Å². The molecule has 0 spiro atoms. The van der Waals surface area contributed by atoms with E-state index in [1.165, 1.54) is 0 Å². The Balaban J connectivity index is 2.21. The number of nitrogens with two attached hydrogens (primary N) is 1. The predicted molar refractivity (Wildman–Crippen MR) is 79.5 cm³/mol.